The van der Waals surface area contributed by atoms with E-state index in [1.807, 2.05) is 6.20 Å². The molecule has 1 N–H and O–H groups in total. The normalized spacial score (nSPS) is 10.6. The number of pyridine rings is 1. The van der Waals surface area contributed by atoms with E-state index in [-0.39, 0.29) is 18.2 Å². The lowest BCUT2D eigenvalue weighted by Gasteiger charge is -2.10. The first-order valence-corrected chi connectivity index (χ1v) is 7.54. The van der Waals surface area contributed by atoms with Crippen molar-refractivity contribution in [3.05, 3.63) is 59.3 Å². The first kappa shape index (κ1) is 17.3. The fraction of sp³-hybridized carbons (Fsp3) is 0.278. The summed E-state index contributed by atoms with van der Waals surface area (Å²) in [6.07, 6.45) is 1.86. The monoisotopic (exact) mass is 333 g/mol. The van der Waals surface area contributed by atoms with E-state index >= 15 is 0 Å². The molecule has 122 valence electrons. The van der Waals surface area contributed by atoms with Crippen LogP contribution in [0.2, 0.25) is 0 Å². The quantitative estimate of drug-likeness (QED) is 0.740. The van der Waals surface area contributed by atoms with Gasteiger partial charge in [0.05, 0.1) is 17.8 Å². The second kappa shape index (κ2) is 7.01. The Morgan fingerprint density at radius 3 is 2.48 bits per heavy atom. The minimum Gasteiger partial charge on any atom is -0.379 e. The Morgan fingerprint density at radius 2 is 1.83 bits per heavy atom. The van der Waals surface area contributed by atoms with Gasteiger partial charge in [-0.05, 0) is 56.7 Å². The highest BCUT2D eigenvalue weighted by atomic mass is 35.5. The molecule has 0 fully saturated rings. The Morgan fingerprint density at radius 1 is 1.13 bits per heavy atom. The third-order valence-electron chi connectivity index (χ3n) is 4.24. The van der Waals surface area contributed by atoms with Crippen molar-refractivity contribution in [3.8, 4) is 0 Å². The topological polar surface area (TPSA) is 29.9 Å². The summed E-state index contributed by atoms with van der Waals surface area (Å²) in [6, 6.07) is 8.47. The molecule has 2 heterocycles. The van der Waals surface area contributed by atoms with E-state index in [4.69, 9.17) is 0 Å². The second-order valence-electron chi connectivity index (χ2n) is 5.47. The predicted octanol–water partition coefficient (Wildman–Crippen LogP) is 4.85. The number of halogens is 2. The number of benzene rings is 1. The molecule has 0 spiro atoms. The number of hydrogen-bond acceptors (Lipinski definition) is 2. The zero-order chi connectivity index (χ0) is 15.7. The van der Waals surface area contributed by atoms with E-state index in [1.165, 1.54) is 34.3 Å². The van der Waals surface area contributed by atoms with E-state index in [9.17, 15) is 4.39 Å². The molecule has 0 bridgehead atoms. The molecule has 0 amide bonds. The number of nitrogens with zero attached hydrogens (tertiary/aromatic N) is 2. The largest absolute Gasteiger partial charge is 0.379 e. The standard InChI is InChI=1S/C18H20FN3.ClH/c1-4-22-13(3)12(2)16-9-10-20-17(18(16)22)11-21-15-7-5-14(19)6-8-15;/h5-10,21H,4,11H2,1-3H3;1H. The van der Waals surface area contributed by atoms with Crippen molar-refractivity contribution in [3.63, 3.8) is 0 Å². The average molecular weight is 334 g/mol. The molecule has 0 radical (unpaired) electrons. The van der Waals surface area contributed by atoms with Gasteiger partial charge in [-0.25, -0.2) is 4.39 Å². The Hall–Kier alpha value is -2.07. The molecule has 2 aromatic heterocycles. The third-order valence-corrected chi connectivity index (χ3v) is 4.24. The molecular formula is C18H21ClFN3. The summed E-state index contributed by atoms with van der Waals surface area (Å²) in [5.41, 5.74) is 5.69. The first-order valence-electron chi connectivity index (χ1n) is 7.54. The summed E-state index contributed by atoms with van der Waals surface area (Å²) in [7, 11) is 0. The first-order chi connectivity index (χ1) is 10.6. The van der Waals surface area contributed by atoms with Gasteiger partial charge in [0.15, 0.2) is 0 Å². The van der Waals surface area contributed by atoms with E-state index in [0.29, 0.717) is 6.54 Å². The van der Waals surface area contributed by atoms with E-state index in [0.717, 1.165) is 17.9 Å². The van der Waals surface area contributed by atoms with Crippen LogP contribution in [0.5, 0.6) is 0 Å². The number of hydrogen-bond donors (Lipinski definition) is 1. The molecule has 0 aliphatic rings. The Bertz CT molecular complexity index is 809. The van der Waals surface area contributed by atoms with Crippen molar-refractivity contribution in [1.82, 2.24) is 9.55 Å². The van der Waals surface area contributed by atoms with Crippen molar-refractivity contribution >= 4 is 29.0 Å². The van der Waals surface area contributed by atoms with Crippen LogP contribution in [-0.4, -0.2) is 9.55 Å². The van der Waals surface area contributed by atoms with Gasteiger partial charge >= 0.3 is 0 Å². The summed E-state index contributed by atoms with van der Waals surface area (Å²) >= 11 is 0. The maximum atomic E-state index is 13.0. The molecular weight excluding hydrogens is 313 g/mol. The maximum Gasteiger partial charge on any atom is 0.123 e. The smallest absolute Gasteiger partial charge is 0.123 e. The molecule has 5 heteroatoms. The van der Waals surface area contributed by atoms with Crippen molar-refractivity contribution in [2.24, 2.45) is 0 Å². The average Bonchev–Trinajstić information content (AvgIpc) is 2.79. The number of anilines is 1. The van der Waals surface area contributed by atoms with Gasteiger partial charge in [0, 0.05) is 29.5 Å². The summed E-state index contributed by atoms with van der Waals surface area (Å²) < 4.78 is 15.3. The molecule has 3 aromatic rings. The highest BCUT2D eigenvalue weighted by Gasteiger charge is 2.13. The lowest BCUT2D eigenvalue weighted by molar-refractivity contribution is 0.628. The lowest BCUT2D eigenvalue weighted by Crippen LogP contribution is -2.06. The van der Waals surface area contributed by atoms with Crippen LogP contribution in [-0.2, 0) is 13.1 Å². The van der Waals surface area contributed by atoms with Gasteiger partial charge < -0.3 is 9.88 Å². The zero-order valence-corrected chi connectivity index (χ0v) is 14.4. The van der Waals surface area contributed by atoms with Crippen LogP contribution >= 0.6 is 12.4 Å². The highest BCUT2D eigenvalue weighted by Crippen LogP contribution is 2.27. The maximum absolute atomic E-state index is 13.0. The van der Waals surface area contributed by atoms with Gasteiger partial charge in [0.2, 0.25) is 0 Å². The van der Waals surface area contributed by atoms with Crippen LogP contribution in [0.15, 0.2) is 36.5 Å². The van der Waals surface area contributed by atoms with Crippen molar-refractivity contribution in [1.29, 1.82) is 0 Å². The number of aromatic nitrogens is 2. The Balaban J connectivity index is 0.00000192. The third kappa shape index (κ3) is 3.17. The predicted molar refractivity (Wildman–Crippen MR) is 95.9 cm³/mol. The van der Waals surface area contributed by atoms with Gasteiger partial charge in [0.1, 0.15) is 5.82 Å². The molecule has 0 saturated heterocycles. The molecule has 3 nitrogen and oxygen atoms in total. The lowest BCUT2D eigenvalue weighted by atomic mass is 10.1. The van der Waals surface area contributed by atoms with E-state index < -0.39 is 0 Å². The molecule has 0 unspecified atom stereocenters. The van der Waals surface area contributed by atoms with Crippen LogP contribution in [0.3, 0.4) is 0 Å². The SMILES string of the molecule is CCn1c(C)c(C)c2ccnc(CNc3ccc(F)cc3)c21.Cl. The molecule has 0 aliphatic carbocycles. The number of rotatable bonds is 4. The minimum absolute atomic E-state index is 0. The van der Waals surface area contributed by atoms with E-state index in [2.05, 4.69) is 41.7 Å². The molecule has 23 heavy (non-hydrogen) atoms. The van der Waals surface area contributed by atoms with Crippen LogP contribution in [0.4, 0.5) is 10.1 Å². The minimum atomic E-state index is -0.225. The van der Waals surface area contributed by atoms with Crippen LogP contribution in [0.25, 0.3) is 10.9 Å². The van der Waals surface area contributed by atoms with E-state index in [1.54, 1.807) is 12.1 Å². The van der Waals surface area contributed by atoms with Crippen LogP contribution in [0.1, 0.15) is 23.9 Å². The summed E-state index contributed by atoms with van der Waals surface area (Å²) in [6.45, 7) is 7.99. The van der Waals surface area contributed by atoms with Crippen molar-refractivity contribution in [2.45, 2.75) is 33.9 Å². The summed E-state index contributed by atoms with van der Waals surface area (Å²) in [4.78, 5) is 4.55. The zero-order valence-electron chi connectivity index (χ0n) is 13.6. The molecule has 1 aromatic carbocycles. The Labute approximate surface area is 142 Å². The fourth-order valence-corrected chi connectivity index (χ4v) is 2.94. The van der Waals surface area contributed by atoms with Crippen molar-refractivity contribution < 1.29 is 4.39 Å². The van der Waals surface area contributed by atoms with Crippen LogP contribution < -0.4 is 5.32 Å². The van der Waals surface area contributed by atoms with Gasteiger partial charge in [-0.3, -0.25) is 4.98 Å². The Kier molecular flexibility index (Phi) is 5.26. The molecule has 3 rings (SSSR count). The molecule has 0 aliphatic heterocycles. The van der Waals surface area contributed by atoms with Gasteiger partial charge in [-0.15, -0.1) is 12.4 Å². The van der Waals surface area contributed by atoms with Crippen LogP contribution in [0, 0.1) is 19.7 Å². The van der Waals surface area contributed by atoms with Gasteiger partial charge in [-0.1, -0.05) is 0 Å². The number of nitrogens with one attached hydrogen (secondary N) is 1. The summed E-state index contributed by atoms with van der Waals surface area (Å²) in [5, 5.41) is 4.57. The summed E-state index contributed by atoms with van der Waals surface area (Å²) in [5.74, 6) is -0.225. The molecule has 0 saturated carbocycles. The van der Waals surface area contributed by atoms with Gasteiger partial charge in [-0.2, -0.15) is 0 Å². The number of fused-ring (bicyclic) bond motifs is 1. The molecule has 0 atom stereocenters. The van der Waals surface area contributed by atoms with Gasteiger partial charge in [0.25, 0.3) is 0 Å². The second-order valence-corrected chi connectivity index (χ2v) is 5.47. The fourth-order valence-electron chi connectivity index (χ4n) is 2.94. The number of aryl methyl sites for hydroxylation is 2. The van der Waals surface area contributed by atoms with Crippen molar-refractivity contribution in [2.75, 3.05) is 5.32 Å². The highest BCUT2D eigenvalue weighted by molar-refractivity contribution is 5.87.